The number of rotatable bonds is 4. The van der Waals surface area contributed by atoms with Crippen molar-refractivity contribution >= 4 is 12.1 Å². The van der Waals surface area contributed by atoms with Gasteiger partial charge in [0.2, 0.25) is 0 Å². The molecule has 2 atom stereocenters. The third kappa shape index (κ3) is 4.77. The molecule has 3 rings (SSSR count). The van der Waals surface area contributed by atoms with Crippen LogP contribution in [0.2, 0.25) is 0 Å². The Hall–Kier alpha value is -1.46. The molecule has 3 aliphatic rings. The van der Waals surface area contributed by atoms with Crippen LogP contribution in [0.1, 0.15) is 51.4 Å². The molecule has 24 heavy (non-hydrogen) atoms. The van der Waals surface area contributed by atoms with Crippen LogP contribution in [0.3, 0.4) is 0 Å². The second-order valence-electron chi connectivity index (χ2n) is 7.66. The van der Waals surface area contributed by atoms with Gasteiger partial charge in [-0.15, -0.1) is 0 Å². The summed E-state index contributed by atoms with van der Waals surface area (Å²) in [4.78, 5) is 28.0. The average Bonchev–Trinajstić information content (AvgIpc) is 3.31. The van der Waals surface area contributed by atoms with Gasteiger partial charge in [-0.1, -0.05) is 6.42 Å². The lowest BCUT2D eigenvalue weighted by atomic mass is 9.81. The standard InChI is InChI=1S/C18H32N4O2/c23-17(21-8-1-2-9-21)19-13-15-6-5-7-16(12-15)14-20-18(24)22-10-3-4-11-22/h15-16H,1-14H2,(H,19,23)(H,20,24)/t15-,16-/m1/s1. The number of hydrogen-bond donors (Lipinski definition) is 2. The Labute approximate surface area is 145 Å². The van der Waals surface area contributed by atoms with Gasteiger partial charge in [-0.05, 0) is 56.8 Å². The van der Waals surface area contributed by atoms with E-state index >= 15 is 0 Å². The van der Waals surface area contributed by atoms with Crippen molar-refractivity contribution in [1.82, 2.24) is 20.4 Å². The zero-order chi connectivity index (χ0) is 16.8. The molecule has 3 fully saturated rings. The van der Waals surface area contributed by atoms with Gasteiger partial charge in [0, 0.05) is 39.3 Å². The molecule has 1 saturated carbocycles. The Morgan fingerprint density at radius 2 is 1.12 bits per heavy atom. The molecule has 136 valence electrons. The van der Waals surface area contributed by atoms with E-state index in [1.165, 1.54) is 19.3 Å². The highest BCUT2D eigenvalue weighted by Crippen LogP contribution is 2.28. The number of likely N-dealkylation sites (tertiary alicyclic amines) is 2. The Bertz CT molecular complexity index is 393. The van der Waals surface area contributed by atoms with Gasteiger partial charge >= 0.3 is 12.1 Å². The van der Waals surface area contributed by atoms with Crippen LogP contribution in [-0.2, 0) is 0 Å². The molecule has 0 aromatic carbocycles. The largest absolute Gasteiger partial charge is 0.338 e. The van der Waals surface area contributed by atoms with E-state index in [0.29, 0.717) is 11.8 Å². The first-order valence-corrected chi connectivity index (χ1v) is 9.78. The summed E-state index contributed by atoms with van der Waals surface area (Å²) in [7, 11) is 0. The van der Waals surface area contributed by atoms with E-state index < -0.39 is 0 Å². The van der Waals surface area contributed by atoms with Crippen LogP contribution >= 0.6 is 0 Å². The first-order chi connectivity index (χ1) is 11.7. The van der Waals surface area contributed by atoms with Crippen molar-refractivity contribution in [2.45, 2.75) is 51.4 Å². The lowest BCUT2D eigenvalue weighted by Crippen LogP contribution is -2.43. The minimum absolute atomic E-state index is 0.108. The number of urea groups is 2. The van der Waals surface area contributed by atoms with Gasteiger partial charge in [0.15, 0.2) is 0 Å². The highest BCUT2D eigenvalue weighted by molar-refractivity contribution is 5.74. The summed E-state index contributed by atoms with van der Waals surface area (Å²) in [6.07, 6.45) is 9.24. The van der Waals surface area contributed by atoms with E-state index in [9.17, 15) is 9.59 Å². The van der Waals surface area contributed by atoms with Crippen molar-refractivity contribution in [1.29, 1.82) is 0 Å². The molecule has 0 radical (unpaired) electrons. The van der Waals surface area contributed by atoms with E-state index in [4.69, 9.17) is 0 Å². The number of carbonyl (C=O) groups is 2. The zero-order valence-electron chi connectivity index (χ0n) is 14.8. The average molecular weight is 336 g/mol. The molecule has 0 bridgehead atoms. The first-order valence-electron chi connectivity index (χ1n) is 9.78. The van der Waals surface area contributed by atoms with Crippen LogP contribution in [0.25, 0.3) is 0 Å². The lowest BCUT2D eigenvalue weighted by molar-refractivity contribution is 0.195. The monoisotopic (exact) mass is 336 g/mol. The molecular weight excluding hydrogens is 304 g/mol. The molecule has 2 saturated heterocycles. The summed E-state index contributed by atoms with van der Waals surface area (Å²) >= 11 is 0. The molecule has 4 amide bonds. The van der Waals surface area contributed by atoms with E-state index in [-0.39, 0.29) is 12.1 Å². The van der Waals surface area contributed by atoms with E-state index in [0.717, 1.165) is 71.4 Å². The summed E-state index contributed by atoms with van der Waals surface area (Å²) < 4.78 is 0. The maximum Gasteiger partial charge on any atom is 0.317 e. The first kappa shape index (κ1) is 17.4. The number of nitrogens with one attached hydrogen (secondary N) is 2. The third-order valence-corrected chi connectivity index (χ3v) is 5.76. The van der Waals surface area contributed by atoms with Crippen LogP contribution in [0, 0.1) is 11.8 Å². The molecule has 2 N–H and O–H groups in total. The van der Waals surface area contributed by atoms with Crippen LogP contribution < -0.4 is 10.6 Å². The summed E-state index contributed by atoms with van der Waals surface area (Å²) in [5.74, 6) is 1.11. The molecule has 1 aliphatic carbocycles. The van der Waals surface area contributed by atoms with Crippen LogP contribution in [-0.4, -0.2) is 61.1 Å². The predicted molar refractivity (Wildman–Crippen MR) is 93.9 cm³/mol. The van der Waals surface area contributed by atoms with E-state index in [1.807, 2.05) is 9.80 Å². The van der Waals surface area contributed by atoms with Crippen molar-refractivity contribution in [3.05, 3.63) is 0 Å². The molecule has 0 aromatic rings. The number of carbonyl (C=O) groups excluding carboxylic acids is 2. The second kappa shape index (κ2) is 8.58. The van der Waals surface area contributed by atoms with Crippen molar-refractivity contribution in [3.63, 3.8) is 0 Å². The topological polar surface area (TPSA) is 64.7 Å². The fourth-order valence-corrected chi connectivity index (χ4v) is 4.30. The maximum absolute atomic E-state index is 12.1. The number of hydrogen-bond acceptors (Lipinski definition) is 2. The van der Waals surface area contributed by atoms with E-state index in [2.05, 4.69) is 10.6 Å². The van der Waals surface area contributed by atoms with Gasteiger partial charge in [0.05, 0.1) is 0 Å². The summed E-state index contributed by atoms with van der Waals surface area (Å²) in [5.41, 5.74) is 0. The van der Waals surface area contributed by atoms with E-state index in [1.54, 1.807) is 0 Å². The highest BCUT2D eigenvalue weighted by Gasteiger charge is 2.25. The normalized spacial score (nSPS) is 27.3. The van der Waals surface area contributed by atoms with Crippen molar-refractivity contribution in [2.75, 3.05) is 39.3 Å². The van der Waals surface area contributed by atoms with Crippen molar-refractivity contribution in [3.8, 4) is 0 Å². The minimum Gasteiger partial charge on any atom is -0.338 e. The zero-order valence-corrected chi connectivity index (χ0v) is 14.8. The van der Waals surface area contributed by atoms with Crippen LogP contribution in [0.15, 0.2) is 0 Å². The highest BCUT2D eigenvalue weighted by atomic mass is 16.2. The lowest BCUT2D eigenvalue weighted by Gasteiger charge is -2.30. The summed E-state index contributed by atoms with van der Waals surface area (Å²) in [5, 5.41) is 6.23. The van der Waals surface area contributed by atoms with Gasteiger partial charge in [-0.2, -0.15) is 0 Å². The van der Waals surface area contributed by atoms with Crippen molar-refractivity contribution in [2.24, 2.45) is 11.8 Å². The number of nitrogens with zero attached hydrogens (tertiary/aromatic N) is 2. The molecule has 0 unspecified atom stereocenters. The fraction of sp³-hybridized carbons (Fsp3) is 0.889. The molecule has 0 spiro atoms. The Morgan fingerprint density at radius 3 is 1.54 bits per heavy atom. The summed E-state index contributed by atoms with van der Waals surface area (Å²) in [6, 6.07) is 0.217. The van der Waals surface area contributed by atoms with Gasteiger partial charge in [0.1, 0.15) is 0 Å². The van der Waals surface area contributed by atoms with Gasteiger partial charge in [-0.3, -0.25) is 0 Å². The number of amides is 4. The predicted octanol–water partition coefficient (Wildman–Crippen LogP) is 2.40. The van der Waals surface area contributed by atoms with Crippen molar-refractivity contribution < 1.29 is 9.59 Å². The molecule has 2 aliphatic heterocycles. The third-order valence-electron chi connectivity index (χ3n) is 5.76. The molecular formula is C18H32N4O2. The Balaban J connectivity index is 1.34. The molecule has 6 heteroatoms. The van der Waals surface area contributed by atoms with Crippen LogP contribution in [0.4, 0.5) is 9.59 Å². The molecule has 2 heterocycles. The Morgan fingerprint density at radius 1 is 0.708 bits per heavy atom. The Kier molecular flexibility index (Phi) is 6.21. The van der Waals surface area contributed by atoms with Gasteiger partial charge < -0.3 is 20.4 Å². The fourth-order valence-electron chi connectivity index (χ4n) is 4.30. The maximum atomic E-state index is 12.1. The van der Waals surface area contributed by atoms with Gasteiger partial charge in [-0.25, -0.2) is 9.59 Å². The summed E-state index contributed by atoms with van der Waals surface area (Å²) in [6.45, 7) is 5.18. The minimum atomic E-state index is 0.108. The molecule has 6 nitrogen and oxygen atoms in total. The second-order valence-corrected chi connectivity index (χ2v) is 7.66. The SMILES string of the molecule is O=C(NC[C@@H]1CCC[C@@H](CNC(=O)N2CCCC2)C1)N1CCCC1. The quantitative estimate of drug-likeness (QED) is 0.828. The molecule has 0 aromatic heterocycles. The van der Waals surface area contributed by atoms with Gasteiger partial charge in [0.25, 0.3) is 0 Å². The smallest absolute Gasteiger partial charge is 0.317 e. The van der Waals surface area contributed by atoms with Crippen LogP contribution in [0.5, 0.6) is 0 Å².